The molecule has 43 heavy (non-hydrogen) atoms. The molecule has 7 aromatic carbocycles. The maximum absolute atomic E-state index is 2.47. The predicted octanol–water partition coefficient (Wildman–Crippen LogP) is 13.6. The predicted molar refractivity (Wildman–Crippen MR) is 196 cm³/mol. The van der Waals surface area contributed by atoms with Gasteiger partial charge in [0.2, 0.25) is 0 Å². The third-order valence-electron chi connectivity index (χ3n) is 8.20. The van der Waals surface area contributed by atoms with Gasteiger partial charge in [0.1, 0.15) is 0 Å². The van der Waals surface area contributed by atoms with Gasteiger partial charge in [-0.2, -0.15) is 0 Å². The first kappa shape index (κ1) is 25.4. The minimum atomic E-state index is 1.26. The summed E-state index contributed by atoms with van der Waals surface area (Å²) in [4.78, 5) is 0. The molecule has 0 aliphatic carbocycles. The van der Waals surface area contributed by atoms with Gasteiger partial charge < -0.3 is 0 Å². The van der Waals surface area contributed by atoms with E-state index in [-0.39, 0.29) is 0 Å². The fourth-order valence-corrected chi connectivity index (χ4v) is 10.9. The molecule has 9 aromatic rings. The average Bonchev–Trinajstić information content (AvgIpc) is 3.04. The van der Waals surface area contributed by atoms with Crippen molar-refractivity contribution in [1.29, 1.82) is 0 Å². The largest absolute Gasteiger partial charge is 0.133 e. The molecule has 0 fully saturated rings. The van der Waals surface area contributed by atoms with Crippen molar-refractivity contribution in [3.05, 3.63) is 133 Å². The van der Waals surface area contributed by atoms with E-state index in [2.05, 4.69) is 134 Å². The lowest BCUT2D eigenvalue weighted by Crippen LogP contribution is -1.91. The first-order valence-electron chi connectivity index (χ1n) is 14.3. The van der Waals surface area contributed by atoms with Gasteiger partial charge in [-0.3, -0.25) is 0 Å². The number of aryl methyl sites for hydroxylation is 1. The van der Waals surface area contributed by atoms with Gasteiger partial charge in [0.15, 0.2) is 0 Å². The van der Waals surface area contributed by atoms with Crippen LogP contribution in [0.2, 0.25) is 0 Å². The van der Waals surface area contributed by atoms with Crippen molar-refractivity contribution in [3.8, 4) is 22.3 Å². The molecule has 0 saturated heterocycles. The van der Waals surface area contributed by atoms with Gasteiger partial charge in [-0.25, -0.2) is 0 Å². The second-order valence-electron chi connectivity index (χ2n) is 11.0. The molecule has 0 atom stereocenters. The van der Waals surface area contributed by atoms with Crippen LogP contribution in [0, 0.1) is 6.92 Å². The Labute approximate surface area is 265 Å². The molecule has 0 aliphatic rings. The molecule has 9 rings (SSSR count). The fraction of sp³-hybridized carbons (Fsp3) is 0.0256. The lowest BCUT2D eigenvalue weighted by atomic mass is 9.86. The van der Waals surface area contributed by atoms with E-state index in [4.69, 9.17) is 0 Å². The number of rotatable bonds is 2. The van der Waals surface area contributed by atoms with Crippen molar-refractivity contribution in [2.45, 2.75) is 6.92 Å². The average molecular weight is 621 g/mol. The Morgan fingerprint density at radius 3 is 1.12 bits per heavy atom. The molecule has 0 N–H and O–H groups in total. The summed E-state index contributed by atoms with van der Waals surface area (Å²) >= 11 is 7.61. The van der Waals surface area contributed by atoms with E-state index in [9.17, 15) is 0 Å². The van der Waals surface area contributed by atoms with E-state index in [1.165, 1.54) is 87.0 Å². The van der Waals surface area contributed by atoms with Crippen LogP contribution in [0.5, 0.6) is 0 Å². The zero-order chi connectivity index (χ0) is 28.5. The molecule has 0 nitrogen and oxygen atoms in total. The summed E-state index contributed by atoms with van der Waals surface area (Å²) < 4.78 is 10.7. The van der Waals surface area contributed by atoms with Gasteiger partial charge in [0.05, 0.1) is 0 Å². The first-order valence-corrected chi connectivity index (χ1v) is 17.6. The topological polar surface area (TPSA) is 0 Å². The highest BCUT2D eigenvalue weighted by Crippen LogP contribution is 2.48. The molecule has 4 heteroatoms. The summed E-state index contributed by atoms with van der Waals surface area (Å²) in [5.41, 5.74) is 6.47. The molecule has 0 amide bonds. The molecule has 0 radical (unpaired) electrons. The van der Waals surface area contributed by atoms with E-state index in [1.54, 1.807) is 0 Å². The normalized spacial score (nSPS) is 11.8. The summed E-state index contributed by atoms with van der Waals surface area (Å²) in [7, 11) is 0. The second-order valence-corrected chi connectivity index (χ2v) is 15.3. The Morgan fingerprint density at radius 2 is 0.674 bits per heavy atom. The number of benzene rings is 7. The van der Waals surface area contributed by atoms with Crippen molar-refractivity contribution in [2.24, 2.45) is 0 Å². The third kappa shape index (κ3) is 4.21. The van der Waals surface area contributed by atoms with Crippen molar-refractivity contribution in [1.82, 2.24) is 0 Å². The lowest BCUT2D eigenvalue weighted by Gasteiger charge is -2.19. The lowest BCUT2D eigenvalue weighted by molar-refractivity contribution is 1.52. The van der Waals surface area contributed by atoms with Crippen molar-refractivity contribution in [2.75, 3.05) is 0 Å². The minimum absolute atomic E-state index is 1.26. The van der Waals surface area contributed by atoms with Crippen molar-refractivity contribution < 1.29 is 0 Å². The highest BCUT2D eigenvalue weighted by Gasteiger charge is 2.19. The Hall–Kier alpha value is -4.06. The van der Waals surface area contributed by atoms with Crippen LogP contribution in [-0.2, 0) is 0 Å². The smallest absolute Gasteiger partial charge is 0.0455 e. The Morgan fingerprint density at radius 1 is 0.326 bits per heavy atom. The highest BCUT2D eigenvalue weighted by molar-refractivity contribution is 7.36. The minimum Gasteiger partial charge on any atom is -0.133 e. The number of hydrogen-bond acceptors (Lipinski definition) is 4. The second kappa shape index (κ2) is 10.0. The zero-order valence-electron chi connectivity index (χ0n) is 23.3. The van der Waals surface area contributed by atoms with Gasteiger partial charge in [0, 0.05) is 37.6 Å². The molecule has 0 aliphatic heterocycles. The van der Waals surface area contributed by atoms with Gasteiger partial charge in [-0.1, -0.05) is 78.9 Å². The molecule has 2 aromatic heterocycles. The summed E-state index contributed by atoms with van der Waals surface area (Å²) in [5.74, 6) is 0. The van der Waals surface area contributed by atoms with Gasteiger partial charge in [0.25, 0.3) is 0 Å². The summed E-state index contributed by atoms with van der Waals surface area (Å²) in [6, 6.07) is 47.5. The molecular weight excluding hydrogens is 597 g/mol. The summed E-state index contributed by atoms with van der Waals surface area (Å²) in [6.07, 6.45) is 0. The van der Waals surface area contributed by atoms with Crippen LogP contribution in [0.25, 0.3) is 81.4 Å². The van der Waals surface area contributed by atoms with Crippen molar-refractivity contribution in [3.63, 3.8) is 0 Å². The molecule has 0 bridgehead atoms. The summed E-state index contributed by atoms with van der Waals surface area (Å²) in [6.45, 7) is 2.18. The SMILES string of the molecule is Cc1ccc2sc3cc4c(-c5ccccc5)c5cc6sc7ccccc7sc6cc5c(-c5ccccc5)c4cc3sc2c1. The van der Waals surface area contributed by atoms with Gasteiger partial charge in [-0.15, -0.1) is 45.3 Å². The Bertz CT molecular complexity index is 2560. The van der Waals surface area contributed by atoms with Gasteiger partial charge in [-0.05, 0) is 105 Å². The maximum Gasteiger partial charge on any atom is 0.0455 e. The van der Waals surface area contributed by atoms with E-state index in [0.717, 1.165) is 0 Å². The van der Waals surface area contributed by atoms with E-state index in [0.29, 0.717) is 0 Å². The molecule has 204 valence electrons. The first-order chi connectivity index (χ1) is 21.2. The molecule has 0 saturated carbocycles. The van der Waals surface area contributed by atoms with Crippen LogP contribution < -0.4 is 0 Å². The van der Waals surface area contributed by atoms with Crippen LogP contribution in [-0.4, -0.2) is 0 Å². The summed E-state index contributed by atoms with van der Waals surface area (Å²) in [5, 5.41) is 5.25. The maximum atomic E-state index is 2.47. The molecule has 0 spiro atoms. The Kier molecular flexibility index (Phi) is 5.92. The highest BCUT2D eigenvalue weighted by atomic mass is 32.1. The third-order valence-corrected chi connectivity index (χ3v) is 13.2. The standard InChI is InChI=1S/C39H24S4/c1-23-16-17-32-33(18-23)43-37-22-29-28(21-36(37)42-32)38(24-10-4-2-5-11-24)26-19-34-35(41-31-15-9-8-14-30(31)40-34)20-27(26)39(29)25-12-6-3-7-13-25/h2-22H,1H3. The Balaban J connectivity index is 1.52. The fourth-order valence-electron chi connectivity index (χ4n) is 6.26. The zero-order valence-corrected chi connectivity index (χ0v) is 26.5. The van der Waals surface area contributed by atoms with E-state index >= 15 is 0 Å². The van der Waals surface area contributed by atoms with Crippen LogP contribution in [0.4, 0.5) is 0 Å². The van der Waals surface area contributed by atoms with Crippen LogP contribution in [0.3, 0.4) is 0 Å². The number of fused-ring (bicyclic) bond motifs is 6. The quantitative estimate of drug-likeness (QED) is 0.169. The number of hydrogen-bond donors (Lipinski definition) is 0. The molecule has 0 unspecified atom stereocenters. The van der Waals surface area contributed by atoms with Crippen LogP contribution in [0.15, 0.2) is 127 Å². The van der Waals surface area contributed by atoms with Crippen LogP contribution in [0.1, 0.15) is 5.56 Å². The molecule has 2 heterocycles. The van der Waals surface area contributed by atoms with Crippen molar-refractivity contribution >= 4 is 104 Å². The van der Waals surface area contributed by atoms with Crippen LogP contribution >= 0.6 is 45.3 Å². The monoisotopic (exact) mass is 620 g/mol. The molecular formula is C39H24S4. The van der Waals surface area contributed by atoms with E-state index in [1.807, 2.05) is 45.3 Å². The van der Waals surface area contributed by atoms with E-state index < -0.39 is 0 Å². The van der Waals surface area contributed by atoms with Gasteiger partial charge >= 0.3 is 0 Å².